The third-order valence-corrected chi connectivity index (χ3v) is 5.86. The van der Waals surface area contributed by atoms with Crippen molar-refractivity contribution >= 4 is 46.6 Å². The Kier molecular flexibility index (Phi) is 7.73. The van der Waals surface area contributed by atoms with Crippen LogP contribution >= 0.6 is 11.6 Å². The van der Waals surface area contributed by atoms with Crippen LogP contribution in [0.1, 0.15) is 31.0 Å². The molecule has 0 unspecified atom stereocenters. The van der Waals surface area contributed by atoms with Crippen LogP contribution in [0.2, 0.25) is 5.02 Å². The maximum absolute atomic E-state index is 13.2. The molecule has 0 radical (unpaired) electrons. The van der Waals surface area contributed by atoms with Gasteiger partial charge < -0.3 is 14.6 Å². The molecule has 1 aromatic heterocycles. The van der Waals surface area contributed by atoms with Crippen LogP contribution in [0.15, 0.2) is 54.5 Å². The highest BCUT2D eigenvalue weighted by atomic mass is 35.5. The Hall–Kier alpha value is -3.86. The van der Waals surface area contributed by atoms with Gasteiger partial charge in [-0.2, -0.15) is 13.2 Å². The molecule has 0 fully saturated rings. The van der Waals surface area contributed by atoms with Crippen LogP contribution in [0.25, 0.3) is 11.0 Å². The molecular formula is C24H22ClF3N4O4. The summed E-state index contributed by atoms with van der Waals surface area (Å²) in [7, 11) is 1.51. The van der Waals surface area contributed by atoms with E-state index in [-0.39, 0.29) is 18.0 Å². The van der Waals surface area contributed by atoms with Crippen molar-refractivity contribution in [2.24, 2.45) is 0 Å². The van der Waals surface area contributed by atoms with Crippen LogP contribution in [0.3, 0.4) is 0 Å². The Morgan fingerprint density at radius 2 is 1.92 bits per heavy atom. The molecule has 36 heavy (non-hydrogen) atoms. The molecular weight excluding hydrogens is 501 g/mol. The fraction of sp³-hybridized carbons (Fsp3) is 0.250. The number of fused-ring (bicyclic) bond motifs is 1. The largest absolute Gasteiger partial charge is 0.477 e. The molecule has 0 atom stereocenters. The van der Waals surface area contributed by atoms with Crippen LogP contribution in [-0.2, 0) is 27.1 Å². The van der Waals surface area contributed by atoms with Gasteiger partial charge in [0.2, 0.25) is 6.41 Å². The van der Waals surface area contributed by atoms with E-state index in [0.717, 1.165) is 23.8 Å². The van der Waals surface area contributed by atoms with Crippen molar-refractivity contribution in [2.75, 3.05) is 11.9 Å². The highest BCUT2D eigenvalue weighted by molar-refractivity contribution is 6.32. The number of imidazole rings is 1. The zero-order chi connectivity index (χ0) is 26.8. The predicted molar refractivity (Wildman–Crippen MR) is 127 cm³/mol. The smallest absolute Gasteiger partial charge is 0.417 e. The topological polar surface area (TPSA) is 95.7 Å². The summed E-state index contributed by atoms with van der Waals surface area (Å²) in [6.45, 7) is 3.35. The molecule has 0 aliphatic carbocycles. The first-order valence-corrected chi connectivity index (χ1v) is 11.0. The molecule has 0 bridgehead atoms. The second-order valence-electron chi connectivity index (χ2n) is 8.19. The van der Waals surface area contributed by atoms with E-state index in [0.29, 0.717) is 16.1 Å². The van der Waals surface area contributed by atoms with Gasteiger partial charge in [-0.15, -0.1) is 0 Å². The number of carboxylic acids is 1. The number of nitrogens with zero attached hydrogens (tertiary/aromatic N) is 4. The average Bonchev–Trinajstić information content (AvgIpc) is 3.24. The van der Waals surface area contributed by atoms with Crippen molar-refractivity contribution in [2.45, 2.75) is 32.6 Å². The van der Waals surface area contributed by atoms with Gasteiger partial charge in [0.15, 0.2) is 0 Å². The van der Waals surface area contributed by atoms with Gasteiger partial charge in [0.1, 0.15) is 5.57 Å². The minimum absolute atomic E-state index is 0.0420. The van der Waals surface area contributed by atoms with Crippen LogP contribution in [0, 0.1) is 0 Å². The minimum atomic E-state index is -4.75. The second-order valence-corrected chi connectivity index (χ2v) is 8.57. The summed E-state index contributed by atoms with van der Waals surface area (Å²) < 4.78 is 41.4. The quantitative estimate of drug-likeness (QED) is 0.196. The number of carbonyl (C=O) groups excluding carboxylic acids is 2. The predicted octanol–water partition coefficient (Wildman–Crippen LogP) is 4.88. The third-order valence-electron chi connectivity index (χ3n) is 5.42. The van der Waals surface area contributed by atoms with E-state index in [1.807, 2.05) is 18.4 Å². The van der Waals surface area contributed by atoms with E-state index in [4.69, 9.17) is 11.6 Å². The van der Waals surface area contributed by atoms with Gasteiger partial charge in [-0.05, 0) is 43.7 Å². The highest BCUT2D eigenvalue weighted by Crippen LogP contribution is 2.36. The van der Waals surface area contributed by atoms with Gasteiger partial charge in [-0.25, -0.2) is 9.78 Å². The lowest BCUT2D eigenvalue weighted by atomic mass is 10.1. The van der Waals surface area contributed by atoms with Crippen molar-refractivity contribution in [3.05, 3.63) is 70.6 Å². The molecule has 3 aromatic rings. The Morgan fingerprint density at radius 1 is 1.22 bits per heavy atom. The number of rotatable bonds is 8. The van der Waals surface area contributed by atoms with Crippen LogP contribution in [0.4, 0.5) is 18.9 Å². The molecule has 0 aliphatic rings. The number of amides is 2. The standard InChI is InChI=1S/C24H22ClF3N4O4/c1-14(2)32-12-29-19-9-16(7-8-20(19)32)30(3)11-17(23(35)36)22(34)31(13-33)10-15-5-4-6-18(21(15)25)24(26,27)28/h4-9,11-14H,10H2,1-3H3,(H,35,36)/b17-11+. The third kappa shape index (κ3) is 5.51. The number of imide groups is 1. The molecule has 190 valence electrons. The van der Waals surface area contributed by atoms with Crippen molar-refractivity contribution in [1.82, 2.24) is 14.5 Å². The summed E-state index contributed by atoms with van der Waals surface area (Å²) in [5.41, 5.74) is -0.0496. The van der Waals surface area contributed by atoms with Crippen LogP contribution in [0.5, 0.6) is 0 Å². The number of aromatic nitrogens is 2. The van der Waals surface area contributed by atoms with Gasteiger partial charge in [0, 0.05) is 25.0 Å². The summed E-state index contributed by atoms with van der Waals surface area (Å²) in [5.74, 6) is -2.85. The van der Waals surface area contributed by atoms with Crippen molar-refractivity contribution < 1.29 is 32.7 Å². The maximum atomic E-state index is 13.2. The number of anilines is 1. The van der Waals surface area contributed by atoms with Gasteiger partial charge in [-0.3, -0.25) is 14.5 Å². The maximum Gasteiger partial charge on any atom is 0.417 e. The summed E-state index contributed by atoms with van der Waals surface area (Å²) in [6, 6.07) is 8.45. The molecule has 0 spiro atoms. The lowest BCUT2D eigenvalue weighted by Crippen LogP contribution is -2.34. The molecule has 0 saturated heterocycles. The molecule has 0 saturated carbocycles. The molecule has 1 N–H and O–H groups in total. The SMILES string of the molecule is CC(C)n1cnc2cc(N(C)/C=C(/C(=O)O)C(=O)N(C=O)Cc3cccc(C(F)(F)F)c3Cl)ccc21. The minimum Gasteiger partial charge on any atom is -0.477 e. The van der Waals surface area contributed by atoms with Crippen molar-refractivity contribution in [3.63, 3.8) is 0 Å². The Balaban J connectivity index is 1.91. The Bertz CT molecular complexity index is 1350. The van der Waals surface area contributed by atoms with Crippen LogP contribution in [-0.4, -0.2) is 44.9 Å². The summed E-state index contributed by atoms with van der Waals surface area (Å²) in [6.07, 6.45) is -2.00. The Morgan fingerprint density at radius 3 is 2.50 bits per heavy atom. The van der Waals surface area contributed by atoms with Crippen LogP contribution < -0.4 is 4.90 Å². The second kappa shape index (κ2) is 10.4. The number of aliphatic carboxylic acids is 1. The first kappa shape index (κ1) is 26.7. The van der Waals surface area contributed by atoms with E-state index >= 15 is 0 Å². The van der Waals surface area contributed by atoms with Gasteiger partial charge in [-0.1, -0.05) is 23.7 Å². The molecule has 1 heterocycles. The van der Waals surface area contributed by atoms with E-state index < -0.39 is 40.8 Å². The number of halogens is 4. The van der Waals surface area contributed by atoms with Gasteiger partial charge in [0.25, 0.3) is 5.91 Å². The number of benzene rings is 2. The lowest BCUT2D eigenvalue weighted by Gasteiger charge is -2.20. The average molecular weight is 523 g/mol. The molecule has 0 aliphatic heterocycles. The van der Waals surface area contributed by atoms with Gasteiger partial charge in [0.05, 0.1) is 34.5 Å². The molecule has 2 aromatic carbocycles. The first-order valence-electron chi connectivity index (χ1n) is 10.6. The number of alkyl halides is 3. The molecule has 12 heteroatoms. The van der Waals surface area contributed by atoms with Crippen molar-refractivity contribution in [3.8, 4) is 0 Å². The highest BCUT2D eigenvalue weighted by Gasteiger charge is 2.34. The van der Waals surface area contributed by atoms with Gasteiger partial charge >= 0.3 is 12.1 Å². The fourth-order valence-electron chi connectivity index (χ4n) is 3.54. The number of hydrogen-bond donors (Lipinski definition) is 1. The molecule has 3 rings (SSSR count). The first-order chi connectivity index (χ1) is 16.8. The number of carbonyl (C=O) groups is 3. The fourth-order valence-corrected chi connectivity index (χ4v) is 3.83. The normalized spacial score (nSPS) is 12.2. The zero-order valence-corrected chi connectivity index (χ0v) is 20.2. The van der Waals surface area contributed by atoms with Crippen molar-refractivity contribution in [1.29, 1.82) is 0 Å². The summed E-state index contributed by atoms with van der Waals surface area (Å²) in [5, 5.41) is 8.96. The number of carboxylic acid groups (broad SMARTS) is 1. The monoisotopic (exact) mass is 522 g/mol. The zero-order valence-electron chi connectivity index (χ0n) is 19.5. The number of hydrogen-bond acceptors (Lipinski definition) is 5. The van der Waals surface area contributed by atoms with E-state index in [1.165, 1.54) is 18.0 Å². The van der Waals surface area contributed by atoms with E-state index in [9.17, 15) is 32.7 Å². The lowest BCUT2D eigenvalue weighted by molar-refractivity contribution is -0.140. The Labute approximate surface area is 209 Å². The van der Waals surface area contributed by atoms with E-state index in [1.54, 1.807) is 24.5 Å². The molecule has 8 nitrogen and oxygen atoms in total. The summed E-state index contributed by atoms with van der Waals surface area (Å²) >= 11 is 5.85. The van der Waals surface area contributed by atoms with E-state index in [2.05, 4.69) is 4.98 Å². The molecule has 2 amide bonds. The summed E-state index contributed by atoms with van der Waals surface area (Å²) in [4.78, 5) is 42.6.